The lowest BCUT2D eigenvalue weighted by Crippen LogP contribution is -1.92. The zero-order valence-corrected chi connectivity index (χ0v) is 10.9. The summed E-state index contributed by atoms with van der Waals surface area (Å²) in [5.74, 6) is 1.10. The Kier molecular flexibility index (Phi) is 3.04. The number of ether oxygens (including phenoxy) is 1. The first-order valence-electron chi connectivity index (χ1n) is 6.05. The number of aryl methyl sites for hydroxylation is 1. The van der Waals surface area contributed by atoms with Gasteiger partial charge >= 0.3 is 0 Å². The Balaban J connectivity index is 1.88. The number of hydrogen-bond donors (Lipinski definition) is 1. The van der Waals surface area contributed by atoms with E-state index in [9.17, 15) is 0 Å². The number of rotatable bonds is 3. The van der Waals surface area contributed by atoms with Crippen molar-refractivity contribution in [2.24, 2.45) is 7.05 Å². The normalized spacial score (nSPS) is 10.4. The molecular formula is C14H13N5O. The summed E-state index contributed by atoms with van der Waals surface area (Å²) >= 11 is 0. The van der Waals surface area contributed by atoms with Gasteiger partial charge in [0.25, 0.3) is 0 Å². The second-order valence-electron chi connectivity index (χ2n) is 4.32. The lowest BCUT2D eigenvalue weighted by Gasteiger charge is -2.05. The number of nitrogen functional groups attached to an aromatic ring is 1. The van der Waals surface area contributed by atoms with Gasteiger partial charge in [0.2, 0.25) is 5.88 Å². The third kappa shape index (κ3) is 2.59. The number of benzene rings is 1. The Labute approximate surface area is 115 Å². The molecule has 6 nitrogen and oxygen atoms in total. The van der Waals surface area contributed by atoms with E-state index in [1.54, 1.807) is 29.1 Å². The summed E-state index contributed by atoms with van der Waals surface area (Å²) < 4.78 is 7.39. The predicted octanol–water partition coefficient (Wildman–Crippen LogP) is 2.25. The fraction of sp³-hybridized carbons (Fsp3) is 0.0714. The summed E-state index contributed by atoms with van der Waals surface area (Å²) in [6.45, 7) is 0. The van der Waals surface area contributed by atoms with Crippen molar-refractivity contribution < 1.29 is 4.74 Å². The van der Waals surface area contributed by atoms with Crippen molar-refractivity contribution in [2.45, 2.75) is 0 Å². The lowest BCUT2D eigenvalue weighted by molar-refractivity contribution is 0.462. The number of nitrogens with zero attached hydrogens (tertiary/aromatic N) is 4. The zero-order chi connectivity index (χ0) is 13.9. The minimum atomic E-state index is 0.462. The molecule has 0 saturated heterocycles. The number of hydrogen-bond acceptors (Lipinski definition) is 5. The maximum absolute atomic E-state index is 5.71. The van der Waals surface area contributed by atoms with Crippen molar-refractivity contribution in [3.8, 4) is 22.9 Å². The molecule has 0 saturated carbocycles. The van der Waals surface area contributed by atoms with Crippen LogP contribution >= 0.6 is 0 Å². The SMILES string of the molecule is Cn1cc(-c2cc(Oc3cccc(N)c3)ncn2)cn1. The van der Waals surface area contributed by atoms with Crippen LogP contribution in [-0.4, -0.2) is 19.7 Å². The Morgan fingerprint density at radius 3 is 2.85 bits per heavy atom. The second-order valence-corrected chi connectivity index (χ2v) is 4.32. The van der Waals surface area contributed by atoms with Crippen molar-refractivity contribution in [2.75, 3.05) is 5.73 Å². The first-order chi connectivity index (χ1) is 9.70. The Morgan fingerprint density at radius 1 is 1.20 bits per heavy atom. The van der Waals surface area contributed by atoms with Crippen molar-refractivity contribution in [3.63, 3.8) is 0 Å². The van der Waals surface area contributed by atoms with Gasteiger partial charge in [-0.25, -0.2) is 9.97 Å². The molecular weight excluding hydrogens is 254 g/mol. The minimum absolute atomic E-state index is 0.462. The van der Waals surface area contributed by atoms with E-state index in [2.05, 4.69) is 15.1 Å². The van der Waals surface area contributed by atoms with Crippen molar-refractivity contribution >= 4 is 5.69 Å². The van der Waals surface area contributed by atoms with Gasteiger partial charge in [0, 0.05) is 36.6 Å². The number of anilines is 1. The molecule has 0 radical (unpaired) electrons. The molecule has 2 N–H and O–H groups in total. The molecule has 0 bridgehead atoms. The van der Waals surface area contributed by atoms with Gasteiger partial charge in [-0.3, -0.25) is 4.68 Å². The summed E-state index contributed by atoms with van der Waals surface area (Å²) in [6.07, 6.45) is 5.09. The zero-order valence-electron chi connectivity index (χ0n) is 10.9. The second kappa shape index (κ2) is 5.00. The van der Waals surface area contributed by atoms with E-state index in [4.69, 9.17) is 10.5 Å². The minimum Gasteiger partial charge on any atom is -0.439 e. The average molecular weight is 267 g/mol. The first-order valence-corrected chi connectivity index (χ1v) is 6.05. The van der Waals surface area contributed by atoms with Gasteiger partial charge in [0.05, 0.1) is 11.9 Å². The van der Waals surface area contributed by atoms with E-state index >= 15 is 0 Å². The van der Waals surface area contributed by atoms with E-state index in [1.807, 2.05) is 25.4 Å². The van der Waals surface area contributed by atoms with Crippen LogP contribution in [0.2, 0.25) is 0 Å². The molecule has 0 aliphatic rings. The van der Waals surface area contributed by atoms with Gasteiger partial charge in [-0.05, 0) is 12.1 Å². The topological polar surface area (TPSA) is 78.9 Å². The van der Waals surface area contributed by atoms with Crippen LogP contribution in [-0.2, 0) is 7.05 Å². The molecule has 2 aromatic heterocycles. The highest BCUT2D eigenvalue weighted by atomic mass is 16.5. The molecule has 100 valence electrons. The van der Waals surface area contributed by atoms with Crippen LogP contribution < -0.4 is 10.5 Å². The molecule has 0 atom stereocenters. The number of nitrogens with two attached hydrogens (primary N) is 1. The molecule has 6 heteroatoms. The third-order valence-electron chi connectivity index (χ3n) is 2.72. The van der Waals surface area contributed by atoms with Gasteiger partial charge in [-0.2, -0.15) is 5.10 Å². The van der Waals surface area contributed by atoms with Gasteiger partial charge < -0.3 is 10.5 Å². The lowest BCUT2D eigenvalue weighted by atomic mass is 10.2. The van der Waals surface area contributed by atoms with Crippen LogP contribution in [0.1, 0.15) is 0 Å². The van der Waals surface area contributed by atoms with Crippen molar-refractivity contribution in [1.29, 1.82) is 0 Å². The van der Waals surface area contributed by atoms with E-state index < -0.39 is 0 Å². The summed E-state index contributed by atoms with van der Waals surface area (Å²) in [5, 5.41) is 4.12. The highest BCUT2D eigenvalue weighted by Gasteiger charge is 2.05. The van der Waals surface area contributed by atoms with Gasteiger partial charge in [0.1, 0.15) is 12.1 Å². The van der Waals surface area contributed by atoms with Crippen LogP contribution in [0.15, 0.2) is 49.1 Å². The van der Waals surface area contributed by atoms with Crippen LogP contribution in [0.5, 0.6) is 11.6 Å². The number of aromatic nitrogens is 4. The molecule has 0 unspecified atom stereocenters. The largest absolute Gasteiger partial charge is 0.439 e. The van der Waals surface area contributed by atoms with E-state index in [0.717, 1.165) is 11.3 Å². The molecule has 0 aliphatic heterocycles. The maximum Gasteiger partial charge on any atom is 0.222 e. The van der Waals surface area contributed by atoms with Gasteiger partial charge in [0.15, 0.2) is 0 Å². The third-order valence-corrected chi connectivity index (χ3v) is 2.72. The quantitative estimate of drug-likeness (QED) is 0.736. The molecule has 3 rings (SSSR count). The Bertz CT molecular complexity index is 738. The molecule has 20 heavy (non-hydrogen) atoms. The summed E-state index contributed by atoms with van der Waals surface area (Å²) in [5.41, 5.74) is 8.02. The standard InChI is InChI=1S/C14H13N5O/c1-19-8-10(7-18-19)13-6-14(17-9-16-13)20-12-4-2-3-11(15)5-12/h2-9H,15H2,1H3. The smallest absolute Gasteiger partial charge is 0.222 e. The molecule has 1 aromatic carbocycles. The molecule has 0 fully saturated rings. The highest BCUT2D eigenvalue weighted by molar-refractivity contribution is 5.57. The molecule has 2 heterocycles. The van der Waals surface area contributed by atoms with Crippen LogP contribution in [0.3, 0.4) is 0 Å². The van der Waals surface area contributed by atoms with E-state index in [-0.39, 0.29) is 0 Å². The average Bonchev–Trinajstić information content (AvgIpc) is 2.86. The Hall–Kier alpha value is -2.89. The molecule has 0 aliphatic carbocycles. The van der Waals surface area contributed by atoms with Crippen LogP contribution in [0.4, 0.5) is 5.69 Å². The maximum atomic E-state index is 5.71. The molecule has 0 amide bonds. The van der Waals surface area contributed by atoms with Crippen molar-refractivity contribution in [3.05, 3.63) is 49.1 Å². The highest BCUT2D eigenvalue weighted by Crippen LogP contribution is 2.24. The van der Waals surface area contributed by atoms with Gasteiger partial charge in [-0.15, -0.1) is 0 Å². The molecule has 0 spiro atoms. The summed E-state index contributed by atoms with van der Waals surface area (Å²) in [7, 11) is 1.86. The van der Waals surface area contributed by atoms with E-state index in [1.165, 1.54) is 6.33 Å². The van der Waals surface area contributed by atoms with Crippen LogP contribution in [0.25, 0.3) is 11.3 Å². The first kappa shape index (κ1) is 12.2. The summed E-state index contributed by atoms with van der Waals surface area (Å²) in [6, 6.07) is 8.95. The monoisotopic (exact) mass is 267 g/mol. The van der Waals surface area contributed by atoms with Crippen molar-refractivity contribution in [1.82, 2.24) is 19.7 Å². The van der Waals surface area contributed by atoms with Crippen LogP contribution in [0, 0.1) is 0 Å². The fourth-order valence-corrected chi connectivity index (χ4v) is 1.81. The van der Waals surface area contributed by atoms with Gasteiger partial charge in [-0.1, -0.05) is 6.07 Å². The fourth-order valence-electron chi connectivity index (χ4n) is 1.81. The summed E-state index contributed by atoms with van der Waals surface area (Å²) in [4.78, 5) is 8.31. The predicted molar refractivity (Wildman–Crippen MR) is 75.2 cm³/mol. The Morgan fingerprint density at radius 2 is 2.10 bits per heavy atom. The molecule has 3 aromatic rings. The van der Waals surface area contributed by atoms with E-state index in [0.29, 0.717) is 17.3 Å².